The summed E-state index contributed by atoms with van der Waals surface area (Å²) >= 11 is 1.63. The zero-order valence-corrected chi connectivity index (χ0v) is 13.4. The highest BCUT2D eigenvalue weighted by atomic mass is 32.1. The van der Waals surface area contributed by atoms with Crippen LogP contribution in [0.3, 0.4) is 0 Å². The number of rotatable bonds is 11. The molecule has 116 valence electrons. The predicted octanol–water partition coefficient (Wildman–Crippen LogP) is 1.99. The Morgan fingerprint density at radius 2 is 2.20 bits per heavy atom. The normalized spacial score (nSPS) is 14.7. The van der Waals surface area contributed by atoms with Gasteiger partial charge in [-0.2, -0.15) is 0 Å². The van der Waals surface area contributed by atoms with Gasteiger partial charge < -0.3 is 19.9 Å². The number of hydrogen-bond acceptors (Lipinski definition) is 6. The maximum Gasteiger partial charge on any atom is 0.109 e. The second-order valence-corrected chi connectivity index (χ2v) is 5.81. The molecular formula is C14H26N2O3S. The van der Waals surface area contributed by atoms with E-state index in [9.17, 15) is 5.11 Å². The summed E-state index contributed by atoms with van der Waals surface area (Å²) in [4.78, 5) is 4.29. The summed E-state index contributed by atoms with van der Waals surface area (Å²) in [6, 6.07) is 0.203. The van der Waals surface area contributed by atoms with E-state index in [1.807, 2.05) is 19.2 Å². The molecular weight excluding hydrogens is 276 g/mol. The monoisotopic (exact) mass is 302 g/mol. The molecule has 2 atom stereocenters. The molecule has 0 saturated carbocycles. The Labute approximate surface area is 125 Å². The van der Waals surface area contributed by atoms with Gasteiger partial charge >= 0.3 is 0 Å². The van der Waals surface area contributed by atoms with Gasteiger partial charge in [0.2, 0.25) is 0 Å². The number of aliphatic hydroxyl groups excluding tert-OH is 1. The minimum absolute atomic E-state index is 0.203. The quantitative estimate of drug-likeness (QED) is 0.612. The fourth-order valence-corrected chi connectivity index (χ4v) is 2.51. The summed E-state index contributed by atoms with van der Waals surface area (Å²) in [5.41, 5.74) is 0. The lowest BCUT2D eigenvalue weighted by atomic mass is 10.2. The Kier molecular flexibility index (Phi) is 8.97. The first kappa shape index (κ1) is 17.5. The van der Waals surface area contributed by atoms with E-state index < -0.39 is 6.10 Å². The maximum absolute atomic E-state index is 9.85. The van der Waals surface area contributed by atoms with Crippen molar-refractivity contribution in [3.8, 4) is 0 Å². The van der Waals surface area contributed by atoms with Crippen LogP contribution in [0.1, 0.15) is 38.2 Å². The molecule has 0 aromatic carbocycles. The predicted molar refractivity (Wildman–Crippen MR) is 81.1 cm³/mol. The van der Waals surface area contributed by atoms with Gasteiger partial charge in [-0.25, -0.2) is 4.98 Å². The Bertz CT molecular complexity index is 333. The van der Waals surface area contributed by atoms with E-state index in [1.165, 1.54) is 0 Å². The molecule has 0 fully saturated rings. The van der Waals surface area contributed by atoms with Gasteiger partial charge in [0.25, 0.3) is 0 Å². The minimum Gasteiger partial charge on any atom is -0.389 e. The first-order valence-corrected chi connectivity index (χ1v) is 8.01. The molecule has 0 radical (unpaired) electrons. The number of ether oxygens (including phenoxy) is 2. The van der Waals surface area contributed by atoms with Crippen LogP contribution in [0, 0.1) is 0 Å². The summed E-state index contributed by atoms with van der Waals surface area (Å²) in [6.45, 7) is 7.98. The van der Waals surface area contributed by atoms with E-state index in [1.54, 1.807) is 17.5 Å². The average Bonchev–Trinajstić information content (AvgIpc) is 2.92. The van der Waals surface area contributed by atoms with Gasteiger partial charge in [-0.1, -0.05) is 6.92 Å². The molecule has 0 aliphatic carbocycles. The fourth-order valence-electron chi connectivity index (χ4n) is 1.71. The fraction of sp³-hybridized carbons (Fsp3) is 0.786. The van der Waals surface area contributed by atoms with Crippen molar-refractivity contribution in [3.63, 3.8) is 0 Å². The van der Waals surface area contributed by atoms with E-state index >= 15 is 0 Å². The summed E-state index contributed by atoms with van der Waals surface area (Å²) in [6.07, 6.45) is 2.46. The van der Waals surface area contributed by atoms with Gasteiger partial charge in [-0.15, -0.1) is 11.3 Å². The number of aromatic nitrogens is 1. The zero-order valence-electron chi connectivity index (χ0n) is 12.5. The van der Waals surface area contributed by atoms with Crippen LogP contribution in [-0.2, 0) is 9.47 Å². The Morgan fingerprint density at radius 3 is 2.80 bits per heavy atom. The van der Waals surface area contributed by atoms with Crippen LogP contribution in [0.4, 0.5) is 0 Å². The van der Waals surface area contributed by atoms with Gasteiger partial charge in [0.05, 0.1) is 38.1 Å². The zero-order chi connectivity index (χ0) is 14.8. The van der Waals surface area contributed by atoms with Crippen LogP contribution in [0.2, 0.25) is 0 Å². The lowest BCUT2D eigenvalue weighted by Crippen LogP contribution is -2.33. The van der Waals surface area contributed by atoms with Crippen LogP contribution < -0.4 is 5.32 Å². The third-order valence-corrected chi connectivity index (χ3v) is 3.64. The smallest absolute Gasteiger partial charge is 0.109 e. The highest BCUT2D eigenvalue weighted by molar-refractivity contribution is 7.09. The highest BCUT2D eigenvalue weighted by Gasteiger charge is 2.13. The number of nitrogens with one attached hydrogen (secondary N) is 1. The van der Waals surface area contributed by atoms with Crippen molar-refractivity contribution in [2.24, 2.45) is 0 Å². The molecule has 5 nitrogen and oxygen atoms in total. The molecule has 1 rings (SSSR count). The van der Waals surface area contributed by atoms with Crippen molar-refractivity contribution in [2.75, 3.05) is 26.4 Å². The molecule has 20 heavy (non-hydrogen) atoms. The summed E-state index contributed by atoms with van der Waals surface area (Å²) in [5, 5.41) is 16.2. The highest BCUT2D eigenvalue weighted by Crippen LogP contribution is 2.18. The summed E-state index contributed by atoms with van der Waals surface area (Å²) in [5.74, 6) is 0. The maximum atomic E-state index is 9.85. The van der Waals surface area contributed by atoms with Crippen molar-refractivity contribution in [1.82, 2.24) is 10.3 Å². The van der Waals surface area contributed by atoms with E-state index in [0.29, 0.717) is 26.4 Å². The van der Waals surface area contributed by atoms with E-state index in [4.69, 9.17) is 9.47 Å². The average molecular weight is 302 g/mol. The van der Waals surface area contributed by atoms with Crippen LogP contribution in [0.25, 0.3) is 0 Å². The van der Waals surface area contributed by atoms with E-state index in [-0.39, 0.29) is 12.1 Å². The molecule has 0 aliphatic heterocycles. The second-order valence-electron chi connectivity index (χ2n) is 4.89. The molecule has 1 heterocycles. The van der Waals surface area contributed by atoms with Crippen molar-refractivity contribution >= 4 is 11.3 Å². The standard InChI is InChI=1S/C14H26N2O3S/c1-4-13(14-15-5-8-20-14)16-9-12(17)10-18-6-7-19-11(2)3/h5,8,11-13,16-17H,4,6-7,9-10H2,1-3H3. The molecule has 1 aromatic heterocycles. The van der Waals surface area contributed by atoms with Gasteiger partial charge in [0.15, 0.2) is 0 Å². The molecule has 2 unspecified atom stereocenters. The largest absolute Gasteiger partial charge is 0.389 e. The third-order valence-electron chi connectivity index (χ3n) is 2.75. The molecule has 0 aliphatic rings. The molecule has 1 aromatic rings. The van der Waals surface area contributed by atoms with Crippen LogP contribution in [0.5, 0.6) is 0 Å². The number of aliphatic hydroxyl groups is 1. The SMILES string of the molecule is CCC(NCC(O)COCCOC(C)C)c1nccs1. The lowest BCUT2D eigenvalue weighted by Gasteiger charge is -2.18. The van der Waals surface area contributed by atoms with Gasteiger partial charge in [0.1, 0.15) is 5.01 Å². The van der Waals surface area contributed by atoms with Crippen LogP contribution in [-0.4, -0.2) is 48.7 Å². The topological polar surface area (TPSA) is 63.6 Å². The van der Waals surface area contributed by atoms with Gasteiger partial charge in [0, 0.05) is 18.1 Å². The summed E-state index contributed by atoms with van der Waals surface area (Å²) < 4.78 is 10.7. The first-order valence-electron chi connectivity index (χ1n) is 7.13. The van der Waals surface area contributed by atoms with Crippen molar-refractivity contribution in [3.05, 3.63) is 16.6 Å². The Hall–Kier alpha value is -0.530. The molecule has 0 spiro atoms. The van der Waals surface area contributed by atoms with Crippen LogP contribution >= 0.6 is 11.3 Å². The number of hydrogen-bond donors (Lipinski definition) is 2. The lowest BCUT2D eigenvalue weighted by molar-refractivity contribution is -0.0105. The molecule has 0 bridgehead atoms. The third kappa shape index (κ3) is 7.31. The molecule has 6 heteroatoms. The Morgan fingerprint density at radius 1 is 1.40 bits per heavy atom. The first-order chi connectivity index (χ1) is 9.63. The van der Waals surface area contributed by atoms with Crippen molar-refractivity contribution in [1.29, 1.82) is 0 Å². The molecule has 2 N–H and O–H groups in total. The molecule has 0 amide bonds. The second kappa shape index (κ2) is 10.2. The van der Waals surface area contributed by atoms with Crippen LogP contribution in [0.15, 0.2) is 11.6 Å². The van der Waals surface area contributed by atoms with Crippen molar-refractivity contribution < 1.29 is 14.6 Å². The van der Waals surface area contributed by atoms with Gasteiger partial charge in [-0.3, -0.25) is 0 Å². The Balaban J connectivity index is 2.11. The van der Waals surface area contributed by atoms with Gasteiger partial charge in [-0.05, 0) is 20.3 Å². The van der Waals surface area contributed by atoms with E-state index in [0.717, 1.165) is 11.4 Å². The number of thiazole rings is 1. The van der Waals surface area contributed by atoms with Crippen molar-refractivity contribution in [2.45, 2.75) is 45.4 Å². The summed E-state index contributed by atoms with van der Waals surface area (Å²) in [7, 11) is 0. The number of nitrogens with zero attached hydrogens (tertiary/aromatic N) is 1. The molecule has 0 saturated heterocycles. The van der Waals surface area contributed by atoms with E-state index in [2.05, 4.69) is 17.2 Å². The minimum atomic E-state index is -0.511.